The number of aliphatic hydroxyl groups excluding tert-OH is 1. The lowest BCUT2D eigenvalue weighted by molar-refractivity contribution is 0.282. The number of alkyl halides is 1. The van der Waals surface area contributed by atoms with Crippen LogP contribution in [0.5, 0.6) is 0 Å². The molecular formula is C10H13FOS. The molecule has 0 saturated carbocycles. The van der Waals surface area contributed by atoms with E-state index >= 15 is 0 Å². The molecule has 1 aromatic rings. The summed E-state index contributed by atoms with van der Waals surface area (Å²) in [5.74, 6) is 0.814. The van der Waals surface area contributed by atoms with Gasteiger partial charge in [0, 0.05) is 10.6 Å². The quantitative estimate of drug-likeness (QED) is 0.582. The van der Waals surface area contributed by atoms with Crippen molar-refractivity contribution >= 4 is 11.8 Å². The normalized spacial score (nSPS) is 10.3. The second-order valence-electron chi connectivity index (χ2n) is 2.69. The minimum atomic E-state index is -0.248. The van der Waals surface area contributed by atoms with Crippen molar-refractivity contribution in [3.8, 4) is 0 Å². The minimum absolute atomic E-state index is 0.0788. The summed E-state index contributed by atoms with van der Waals surface area (Å²) in [7, 11) is 0. The van der Waals surface area contributed by atoms with Gasteiger partial charge < -0.3 is 5.11 Å². The summed E-state index contributed by atoms with van der Waals surface area (Å²) in [6.45, 7) is -0.169. The molecule has 0 fully saturated rings. The molecule has 0 spiro atoms. The van der Waals surface area contributed by atoms with Crippen LogP contribution in [-0.4, -0.2) is 17.5 Å². The fourth-order valence-electron chi connectivity index (χ4n) is 0.936. The molecule has 0 aliphatic carbocycles. The van der Waals surface area contributed by atoms with Gasteiger partial charge in [0.2, 0.25) is 0 Å². The number of hydrogen-bond donors (Lipinski definition) is 1. The third kappa shape index (κ3) is 3.79. The maximum absolute atomic E-state index is 11.8. The molecule has 0 aliphatic heterocycles. The standard InChI is InChI=1S/C10H13FOS/c11-6-1-7-13-10-4-2-9(8-12)3-5-10/h2-5,12H,1,6-8H2. The van der Waals surface area contributed by atoms with E-state index in [-0.39, 0.29) is 13.3 Å². The molecule has 0 heterocycles. The highest BCUT2D eigenvalue weighted by Gasteiger charge is 1.94. The van der Waals surface area contributed by atoms with E-state index in [4.69, 9.17) is 5.11 Å². The highest BCUT2D eigenvalue weighted by Crippen LogP contribution is 2.19. The minimum Gasteiger partial charge on any atom is -0.392 e. The Morgan fingerprint density at radius 1 is 1.23 bits per heavy atom. The first-order valence-electron chi connectivity index (χ1n) is 4.25. The zero-order valence-corrected chi connectivity index (χ0v) is 8.19. The maximum atomic E-state index is 11.8. The molecule has 0 atom stereocenters. The fourth-order valence-corrected chi connectivity index (χ4v) is 1.75. The molecule has 0 saturated heterocycles. The van der Waals surface area contributed by atoms with E-state index < -0.39 is 0 Å². The van der Waals surface area contributed by atoms with Crippen molar-refractivity contribution in [1.29, 1.82) is 0 Å². The Labute approximate surface area is 82.0 Å². The highest BCUT2D eigenvalue weighted by molar-refractivity contribution is 7.99. The molecule has 1 aromatic carbocycles. The molecule has 1 N–H and O–H groups in total. The van der Waals surface area contributed by atoms with Gasteiger partial charge in [-0.2, -0.15) is 0 Å². The van der Waals surface area contributed by atoms with Gasteiger partial charge >= 0.3 is 0 Å². The van der Waals surface area contributed by atoms with Crippen LogP contribution in [0.4, 0.5) is 4.39 Å². The topological polar surface area (TPSA) is 20.2 Å². The van der Waals surface area contributed by atoms with Gasteiger partial charge in [-0.25, -0.2) is 0 Å². The Bertz CT molecular complexity index is 235. The lowest BCUT2D eigenvalue weighted by atomic mass is 10.2. The molecule has 1 nitrogen and oxygen atoms in total. The molecule has 0 amide bonds. The largest absolute Gasteiger partial charge is 0.392 e. The Morgan fingerprint density at radius 2 is 1.92 bits per heavy atom. The average Bonchev–Trinajstić information content (AvgIpc) is 2.19. The van der Waals surface area contributed by atoms with Crippen LogP contribution < -0.4 is 0 Å². The van der Waals surface area contributed by atoms with Crippen LogP contribution in [0.25, 0.3) is 0 Å². The van der Waals surface area contributed by atoms with Crippen LogP contribution >= 0.6 is 11.8 Å². The second kappa shape index (κ2) is 6.00. The second-order valence-corrected chi connectivity index (χ2v) is 3.86. The van der Waals surface area contributed by atoms with Crippen LogP contribution in [0, 0.1) is 0 Å². The molecule has 0 bridgehead atoms. The number of thioether (sulfide) groups is 1. The van der Waals surface area contributed by atoms with Crippen LogP contribution in [0.1, 0.15) is 12.0 Å². The van der Waals surface area contributed by atoms with E-state index in [0.29, 0.717) is 6.42 Å². The average molecular weight is 200 g/mol. The smallest absolute Gasteiger partial charge is 0.0902 e. The summed E-state index contributed by atoms with van der Waals surface area (Å²) < 4.78 is 11.8. The van der Waals surface area contributed by atoms with Crippen molar-refractivity contribution < 1.29 is 9.50 Å². The molecule has 0 aromatic heterocycles. The zero-order valence-electron chi connectivity index (χ0n) is 7.37. The molecule has 13 heavy (non-hydrogen) atoms. The first-order valence-corrected chi connectivity index (χ1v) is 5.24. The van der Waals surface area contributed by atoms with Gasteiger partial charge in [-0.05, 0) is 24.1 Å². The van der Waals surface area contributed by atoms with Crippen molar-refractivity contribution in [1.82, 2.24) is 0 Å². The Hall–Kier alpha value is -0.540. The molecule has 3 heteroatoms. The van der Waals surface area contributed by atoms with E-state index in [0.717, 1.165) is 16.2 Å². The predicted octanol–water partition coefficient (Wildman–Crippen LogP) is 2.63. The van der Waals surface area contributed by atoms with Gasteiger partial charge in [0.15, 0.2) is 0 Å². The van der Waals surface area contributed by atoms with Crippen molar-refractivity contribution in [2.24, 2.45) is 0 Å². The lowest BCUT2D eigenvalue weighted by Crippen LogP contribution is -1.84. The molecule has 72 valence electrons. The maximum Gasteiger partial charge on any atom is 0.0902 e. The van der Waals surface area contributed by atoms with Gasteiger partial charge in [-0.1, -0.05) is 12.1 Å². The van der Waals surface area contributed by atoms with E-state index in [9.17, 15) is 4.39 Å². The summed E-state index contributed by atoms with van der Waals surface area (Å²) in [4.78, 5) is 1.13. The number of aliphatic hydroxyl groups is 1. The van der Waals surface area contributed by atoms with Crippen LogP contribution in [0.15, 0.2) is 29.2 Å². The molecular weight excluding hydrogens is 187 g/mol. The monoisotopic (exact) mass is 200 g/mol. The Morgan fingerprint density at radius 3 is 2.46 bits per heavy atom. The number of halogens is 1. The number of benzene rings is 1. The Balaban J connectivity index is 2.40. The third-order valence-corrected chi connectivity index (χ3v) is 2.75. The summed E-state index contributed by atoms with van der Waals surface area (Å²) in [6.07, 6.45) is 0.604. The van der Waals surface area contributed by atoms with Crippen LogP contribution in [0.3, 0.4) is 0 Å². The summed E-state index contributed by atoms with van der Waals surface area (Å²) in [5, 5.41) is 8.79. The van der Waals surface area contributed by atoms with E-state index in [1.54, 1.807) is 11.8 Å². The van der Waals surface area contributed by atoms with Crippen molar-refractivity contribution in [2.75, 3.05) is 12.4 Å². The van der Waals surface area contributed by atoms with Gasteiger partial charge in [-0.3, -0.25) is 4.39 Å². The molecule has 0 radical (unpaired) electrons. The summed E-state index contributed by atoms with van der Waals surface area (Å²) in [5.41, 5.74) is 0.912. The van der Waals surface area contributed by atoms with Gasteiger partial charge in [0.1, 0.15) is 0 Å². The zero-order chi connectivity index (χ0) is 9.52. The van der Waals surface area contributed by atoms with E-state index in [2.05, 4.69) is 0 Å². The van der Waals surface area contributed by atoms with Crippen molar-refractivity contribution in [3.05, 3.63) is 29.8 Å². The first-order chi connectivity index (χ1) is 6.36. The van der Waals surface area contributed by atoms with Crippen molar-refractivity contribution in [3.63, 3.8) is 0 Å². The van der Waals surface area contributed by atoms with E-state index in [1.165, 1.54) is 0 Å². The molecule has 1 rings (SSSR count). The highest BCUT2D eigenvalue weighted by atomic mass is 32.2. The van der Waals surface area contributed by atoms with Crippen LogP contribution in [-0.2, 0) is 6.61 Å². The van der Waals surface area contributed by atoms with E-state index in [1.807, 2.05) is 24.3 Å². The van der Waals surface area contributed by atoms with Crippen molar-refractivity contribution in [2.45, 2.75) is 17.9 Å². The summed E-state index contributed by atoms with van der Waals surface area (Å²) >= 11 is 1.64. The fraction of sp³-hybridized carbons (Fsp3) is 0.400. The predicted molar refractivity (Wildman–Crippen MR) is 53.7 cm³/mol. The molecule has 0 aliphatic rings. The van der Waals surface area contributed by atoms with Gasteiger partial charge in [0.25, 0.3) is 0 Å². The van der Waals surface area contributed by atoms with Crippen LogP contribution in [0.2, 0.25) is 0 Å². The SMILES string of the molecule is OCc1ccc(SCCCF)cc1. The Kier molecular flexibility index (Phi) is 4.86. The first kappa shape index (κ1) is 10.5. The molecule has 0 unspecified atom stereocenters. The number of hydrogen-bond acceptors (Lipinski definition) is 2. The van der Waals surface area contributed by atoms with Gasteiger partial charge in [-0.15, -0.1) is 11.8 Å². The third-order valence-electron chi connectivity index (χ3n) is 1.65. The number of rotatable bonds is 5. The lowest BCUT2D eigenvalue weighted by Gasteiger charge is -2.00. The van der Waals surface area contributed by atoms with Gasteiger partial charge in [0.05, 0.1) is 13.3 Å². The summed E-state index contributed by atoms with van der Waals surface area (Å²) in [6, 6.07) is 7.68.